The first kappa shape index (κ1) is 13.4. The number of fused-ring (bicyclic) bond motifs is 1. The average molecular weight is 283 g/mol. The van der Waals surface area contributed by atoms with Gasteiger partial charge in [0, 0.05) is 36.1 Å². The van der Waals surface area contributed by atoms with E-state index in [4.69, 9.17) is 4.74 Å². The summed E-state index contributed by atoms with van der Waals surface area (Å²) in [4.78, 5) is 8.66. The van der Waals surface area contributed by atoms with Crippen molar-refractivity contribution in [2.45, 2.75) is 13.3 Å². The zero-order valence-corrected chi connectivity index (χ0v) is 12.1. The van der Waals surface area contributed by atoms with Gasteiger partial charge in [0.1, 0.15) is 5.82 Å². The molecule has 0 atom stereocenters. The number of methoxy groups -OCH3 is 1. The Kier molecular flexibility index (Phi) is 3.68. The number of nitrogens with zero attached hydrogens (tertiary/aromatic N) is 4. The summed E-state index contributed by atoms with van der Waals surface area (Å²) in [6.07, 6.45) is 6.42. The van der Waals surface area contributed by atoms with Gasteiger partial charge in [-0.3, -0.25) is 0 Å². The first-order valence-electron chi connectivity index (χ1n) is 6.90. The van der Waals surface area contributed by atoms with Crippen molar-refractivity contribution in [3.05, 3.63) is 36.8 Å². The van der Waals surface area contributed by atoms with Gasteiger partial charge in [0.25, 0.3) is 0 Å². The van der Waals surface area contributed by atoms with Crippen molar-refractivity contribution in [3.8, 4) is 17.0 Å². The lowest BCUT2D eigenvalue weighted by atomic mass is 10.1. The summed E-state index contributed by atoms with van der Waals surface area (Å²) in [5.74, 6) is 1.53. The molecule has 0 fully saturated rings. The van der Waals surface area contributed by atoms with Crippen LogP contribution >= 0.6 is 0 Å². The third kappa shape index (κ3) is 2.52. The van der Waals surface area contributed by atoms with E-state index >= 15 is 0 Å². The zero-order valence-electron chi connectivity index (χ0n) is 12.1. The highest BCUT2D eigenvalue weighted by Crippen LogP contribution is 2.25. The van der Waals surface area contributed by atoms with Gasteiger partial charge in [-0.25, -0.2) is 9.97 Å². The summed E-state index contributed by atoms with van der Waals surface area (Å²) in [6.45, 7) is 3.03. The van der Waals surface area contributed by atoms with E-state index in [1.54, 1.807) is 19.5 Å². The molecule has 0 aliphatic heterocycles. The SMILES string of the molecule is CCCNc1ccnc2c(-c3ccc(OC)nc3)cnn12. The molecule has 0 aliphatic carbocycles. The van der Waals surface area contributed by atoms with Crippen molar-refractivity contribution in [3.63, 3.8) is 0 Å². The van der Waals surface area contributed by atoms with Gasteiger partial charge in [-0.05, 0) is 18.6 Å². The number of nitrogens with one attached hydrogen (secondary N) is 1. The minimum absolute atomic E-state index is 0.591. The molecular formula is C15H17N5O. The van der Waals surface area contributed by atoms with Crippen LogP contribution in [0.15, 0.2) is 36.8 Å². The minimum atomic E-state index is 0.591. The lowest BCUT2D eigenvalue weighted by Crippen LogP contribution is -2.06. The third-order valence-corrected chi connectivity index (χ3v) is 3.21. The number of ether oxygens (including phenoxy) is 1. The van der Waals surface area contributed by atoms with Crippen LogP contribution in [0.4, 0.5) is 5.82 Å². The Balaban J connectivity index is 2.03. The fourth-order valence-corrected chi connectivity index (χ4v) is 2.14. The molecule has 1 N–H and O–H groups in total. The largest absolute Gasteiger partial charge is 0.481 e. The topological polar surface area (TPSA) is 64.3 Å². The van der Waals surface area contributed by atoms with Crippen molar-refractivity contribution < 1.29 is 4.74 Å². The van der Waals surface area contributed by atoms with Gasteiger partial charge in [-0.15, -0.1) is 0 Å². The third-order valence-electron chi connectivity index (χ3n) is 3.21. The maximum Gasteiger partial charge on any atom is 0.212 e. The van der Waals surface area contributed by atoms with Gasteiger partial charge in [0.05, 0.1) is 13.3 Å². The maximum absolute atomic E-state index is 5.08. The summed E-state index contributed by atoms with van der Waals surface area (Å²) in [7, 11) is 1.60. The molecule has 6 heteroatoms. The van der Waals surface area contributed by atoms with E-state index in [-0.39, 0.29) is 0 Å². The van der Waals surface area contributed by atoms with Crippen LogP contribution in [0.5, 0.6) is 5.88 Å². The van der Waals surface area contributed by atoms with Gasteiger partial charge in [-0.2, -0.15) is 9.61 Å². The summed E-state index contributed by atoms with van der Waals surface area (Å²) < 4.78 is 6.89. The number of rotatable bonds is 5. The number of pyridine rings is 1. The molecule has 21 heavy (non-hydrogen) atoms. The molecule has 3 aromatic rings. The number of aromatic nitrogens is 4. The second-order valence-corrected chi connectivity index (χ2v) is 4.64. The molecule has 0 radical (unpaired) electrons. The molecule has 3 aromatic heterocycles. The molecule has 0 amide bonds. The van der Waals surface area contributed by atoms with E-state index in [0.717, 1.165) is 35.6 Å². The van der Waals surface area contributed by atoms with Crippen LogP contribution in [0, 0.1) is 0 Å². The van der Waals surface area contributed by atoms with E-state index in [0.29, 0.717) is 5.88 Å². The van der Waals surface area contributed by atoms with Crippen LogP contribution in [0.1, 0.15) is 13.3 Å². The van der Waals surface area contributed by atoms with E-state index in [2.05, 4.69) is 27.3 Å². The highest BCUT2D eigenvalue weighted by molar-refractivity contribution is 5.77. The Labute approximate surface area is 122 Å². The molecular weight excluding hydrogens is 266 g/mol. The van der Waals surface area contributed by atoms with Crippen molar-refractivity contribution in [2.75, 3.05) is 19.0 Å². The highest BCUT2D eigenvalue weighted by Gasteiger charge is 2.10. The summed E-state index contributed by atoms with van der Waals surface area (Å²) in [5, 5.41) is 7.77. The molecule has 0 aromatic carbocycles. The molecule has 108 valence electrons. The molecule has 0 saturated heterocycles. The smallest absolute Gasteiger partial charge is 0.212 e. The fraction of sp³-hybridized carbons (Fsp3) is 0.267. The molecule has 0 unspecified atom stereocenters. The lowest BCUT2D eigenvalue weighted by molar-refractivity contribution is 0.398. The fourth-order valence-electron chi connectivity index (χ4n) is 2.14. The molecule has 0 bridgehead atoms. The predicted molar refractivity (Wildman–Crippen MR) is 81.6 cm³/mol. The van der Waals surface area contributed by atoms with Gasteiger partial charge >= 0.3 is 0 Å². The quantitative estimate of drug-likeness (QED) is 0.779. The Morgan fingerprint density at radius 3 is 2.81 bits per heavy atom. The van der Waals surface area contributed by atoms with Gasteiger partial charge in [0.15, 0.2) is 5.65 Å². The van der Waals surface area contributed by atoms with Crippen molar-refractivity contribution in [1.82, 2.24) is 19.6 Å². The van der Waals surface area contributed by atoms with Crippen LogP contribution in [0.2, 0.25) is 0 Å². The number of hydrogen-bond donors (Lipinski definition) is 1. The van der Waals surface area contributed by atoms with Crippen LogP contribution < -0.4 is 10.1 Å². The van der Waals surface area contributed by atoms with Crippen molar-refractivity contribution in [1.29, 1.82) is 0 Å². The van der Waals surface area contributed by atoms with Gasteiger partial charge < -0.3 is 10.1 Å². The predicted octanol–water partition coefficient (Wildman–Crippen LogP) is 2.62. The van der Waals surface area contributed by atoms with Crippen molar-refractivity contribution in [2.24, 2.45) is 0 Å². The van der Waals surface area contributed by atoms with E-state index in [9.17, 15) is 0 Å². The highest BCUT2D eigenvalue weighted by atomic mass is 16.5. The molecule has 0 saturated carbocycles. The van der Waals surface area contributed by atoms with Gasteiger partial charge in [-0.1, -0.05) is 6.92 Å². The molecule has 0 spiro atoms. The molecule has 0 aliphatic rings. The van der Waals surface area contributed by atoms with E-state index in [1.807, 2.05) is 28.9 Å². The normalized spacial score (nSPS) is 10.8. The van der Waals surface area contributed by atoms with Crippen LogP contribution in [0.25, 0.3) is 16.8 Å². The Morgan fingerprint density at radius 2 is 2.10 bits per heavy atom. The zero-order chi connectivity index (χ0) is 14.7. The Bertz CT molecular complexity index is 735. The molecule has 3 heterocycles. The first-order chi connectivity index (χ1) is 10.3. The minimum Gasteiger partial charge on any atom is -0.481 e. The van der Waals surface area contributed by atoms with E-state index < -0.39 is 0 Å². The molecule has 3 rings (SSSR count). The second-order valence-electron chi connectivity index (χ2n) is 4.64. The summed E-state index contributed by atoms with van der Waals surface area (Å²) in [6, 6.07) is 5.71. The number of hydrogen-bond acceptors (Lipinski definition) is 5. The van der Waals surface area contributed by atoms with Gasteiger partial charge in [0.2, 0.25) is 5.88 Å². The average Bonchev–Trinajstić information content (AvgIpc) is 2.97. The van der Waals surface area contributed by atoms with Crippen molar-refractivity contribution >= 4 is 11.5 Å². The number of anilines is 1. The standard InChI is InChI=1S/C15H17N5O/c1-3-7-16-13-6-8-17-15-12(10-19-20(13)15)11-4-5-14(21-2)18-9-11/h4-6,8-10,16H,3,7H2,1-2H3. The second kappa shape index (κ2) is 5.78. The maximum atomic E-state index is 5.08. The Hall–Kier alpha value is -2.63. The van der Waals surface area contributed by atoms with E-state index in [1.165, 1.54) is 0 Å². The monoisotopic (exact) mass is 283 g/mol. The van der Waals surface area contributed by atoms with Crippen LogP contribution in [0.3, 0.4) is 0 Å². The lowest BCUT2D eigenvalue weighted by Gasteiger charge is -2.06. The Morgan fingerprint density at radius 1 is 1.19 bits per heavy atom. The summed E-state index contributed by atoms with van der Waals surface area (Å²) in [5.41, 5.74) is 2.72. The summed E-state index contributed by atoms with van der Waals surface area (Å²) >= 11 is 0. The van der Waals surface area contributed by atoms with Crippen LogP contribution in [-0.4, -0.2) is 33.2 Å². The molecule has 6 nitrogen and oxygen atoms in total. The first-order valence-corrected chi connectivity index (χ1v) is 6.90. The van der Waals surface area contributed by atoms with Crippen LogP contribution in [-0.2, 0) is 0 Å².